The van der Waals surface area contributed by atoms with Crippen molar-refractivity contribution < 1.29 is 17.9 Å². The lowest BCUT2D eigenvalue weighted by Gasteiger charge is -2.29. The fraction of sp³-hybridized carbons (Fsp3) is 0.619. The van der Waals surface area contributed by atoms with Gasteiger partial charge < -0.3 is 15.0 Å². The summed E-state index contributed by atoms with van der Waals surface area (Å²) in [4.78, 5) is 26.5. The van der Waals surface area contributed by atoms with E-state index in [0.29, 0.717) is 57.4 Å². The van der Waals surface area contributed by atoms with Crippen molar-refractivity contribution in [2.45, 2.75) is 68.7 Å². The van der Waals surface area contributed by atoms with Crippen molar-refractivity contribution in [2.24, 2.45) is 7.05 Å². The second-order valence-electron chi connectivity index (χ2n) is 8.88. The fourth-order valence-electron chi connectivity index (χ4n) is 4.42. The van der Waals surface area contributed by atoms with Crippen molar-refractivity contribution in [1.29, 1.82) is 0 Å². The van der Waals surface area contributed by atoms with Crippen LogP contribution in [0, 0.1) is 0 Å². The summed E-state index contributed by atoms with van der Waals surface area (Å²) in [7, 11) is -2.10. The third kappa shape index (κ3) is 5.96. The number of nitrogens with one attached hydrogen (secondary N) is 2. The molecule has 1 aliphatic carbocycles. The monoisotopic (exact) mass is 527 g/mol. The first-order chi connectivity index (χ1) is 16.7. The fourth-order valence-corrected chi connectivity index (χ4v) is 5.96. The molecule has 1 amide bonds. The van der Waals surface area contributed by atoms with Crippen molar-refractivity contribution in [3.63, 3.8) is 0 Å². The Kier molecular flexibility index (Phi) is 7.67. The van der Waals surface area contributed by atoms with Crippen molar-refractivity contribution in [2.75, 3.05) is 18.0 Å². The molecule has 192 valence electrons. The van der Waals surface area contributed by atoms with Gasteiger partial charge in [-0.05, 0) is 32.6 Å². The molecule has 2 aromatic rings. The number of carbonyl (C=O) groups excluding carboxylic acids is 1. The molecule has 2 fully saturated rings. The van der Waals surface area contributed by atoms with E-state index in [1.54, 1.807) is 4.68 Å². The van der Waals surface area contributed by atoms with E-state index in [1.165, 1.54) is 30.3 Å². The highest BCUT2D eigenvalue weighted by atomic mass is 35.5. The van der Waals surface area contributed by atoms with E-state index in [0.717, 1.165) is 0 Å². The number of ether oxygens (including phenoxy) is 1. The van der Waals surface area contributed by atoms with Crippen LogP contribution in [-0.2, 0) is 28.4 Å². The molecule has 0 bridgehead atoms. The summed E-state index contributed by atoms with van der Waals surface area (Å²) in [6.45, 7) is 3.50. The number of halogens is 1. The summed E-state index contributed by atoms with van der Waals surface area (Å²) in [6.07, 6.45) is 6.68. The topological polar surface area (TPSA) is 140 Å². The Morgan fingerprint density at radius 2 is 1.89 bits per heavy atom. The number of alkyl carbamates (subject to hydrolysis) is 1. The number of hydrogen-bond acceptors (Lipinski definition) is 8. The molecular weight excluding hydrogens is 498 g/mol. The number of aryl methyl sites for hydroxylation is 2. The summed E-state index contributed by atoms with van der Waals surface area (Å²) in [6, 6.07) is -0.279. The molecule has 1 saturated heterocycles. The lowest BCUT2D eigenvalue weighted by molar-refractivity contribution is 0.102. The molecule has 1 aliphatic heterocycles. The van der Waals surface area contributed by atoms with Gasteiger partial charge in [0, 0.05) is 44.8 Å². The summed E-state index contributed by atoms with van der Waals surface area (Å²) >= 11 is 6.17. The molecule has 0 unspecified atom stereocenters. The largest absolute Gasteiger partial charge is 0.444 e. The lowest BCUT2D eigenvalue weighted by atomic mass is 9.92. The van der Waals surface area contributed by atoms with Gasteiger partial charge in [-0.2, -0.15) is 10.2 Å². The summed E-state index contributed by atoms with van der Waals surface area (Å²) in [5.74, 6) is 0. The van der Waals surface area contributed by atoms with E-state index in [-0.39, 0.29) is 33.7 Å². The van der Waals surface area contributed by atoms with Crippen LogP contribution in [0.25, 0.3) is 0 Å². The van der Waals surface area contributed by atoms with Crippen LogP contribution in [0.3, 0.4) is 0 Å². The number of amides is 1. The van der Waals surface area contributed by atoms with Gasteiger partial charge in [-0.15, -0.1) is 0 Å². The maximum absolute atomic E-state index is 12.6. The Labute approximate surface area is 208 Å². The second kappa shape index (κ2) is 10.5. The minimum atomic E-state index is -3.63. The highest BCUT2D eigenvalue weighted by molar-refractivity contribution is 7.89. The summed E-state index contributed by atoms with van der Waals surface area (Å²) < 4.78 is 36.2. The Balaban J connectivity index is 1.22. The van der Waals surface area contributed by atoms with Crippen LogP contribution in [0.15, 0.2) is 28.3 Å². The van der Waals surface area contributed by atoms with Gasteiger partial charge in [-0.1, -0.05) is 11.6 Å². The van der Waals surface area contributed by atoms with Gasteiger partial charge in [-0.3, -0.25) is 9.48 Å². The normalized spacial score (nSPS) is 22.8. The van der Waals surface area contributed by atoms with Crippen LogP contribution in [0.5, 0.6) is 0 Å². The zero-order valence-electron chi connectivity index (χ0n) is 19.7. The summed E-state index contributed by atoms with van der Waals surface area (Å²) in [5, 5.41) is 11.0. The first kappa shape index (κ1) is 25.5. The van der Waals surface area contributed by atoms with Crippen LogP contribution in [-0.4, -0.2) is 65.3 Å². The molecule has 2 aliphatic rings. The van der Waals surface area contributed by atoms with Gasteiger partial charge in [0.1, 0.15) is 16.0 Å². The number of hydrogen-bond donors (Lipinski definition) is 2. The average Bonchev–Trinajstić information content (AvgIpc) is 3.49. The smallest absolute Gasteiger partial charge is 0.407 e. The quantitative estimate of drug-likeness (QED) is 0.548. The van der Waals surface area contributed by atoms with E-state index < -0.39 is 16.1 Å². The number of sulfonamides is 1. The molecule has 0 radical (unpaired) electrons. The highest BCUT2D eigenvalue weighted by Gasteiger charge is 2.30. The van der Waals surface area contributed by atoms with Crippen LogP contribution in [0.1, 0.15) is 39.0 Å². The number of aromatic nitrogens is 4. The molecule has 1 saturated carbocycles. The van der Waals surface area contributed by atoms with E-state index in [4.69, 9.17) is 16.3 Å². The molecule has 3 heterocycles. The van der Waals surface area contributed by atoms with Gasteiger partial charge in [0.15, 0.2) is 0 Å². The van der Waals surface area contributed by atoms with Gasteiger partial charge in [-0.25, -0.2) is 22.6 Å². The average molecular weight is 528 g/mol. The SMILES string of the molecule is CCn1cc(S(=O)(=O)N[C@H]2CC[C@H](NC(=O)O[C@@H]3CCN(c4cnn(C)c(=O)c4Cl)C3)CC2)cn1. The van der Waals surface area contributed by atoms with Crippen molar-refractivity contribution in [1.82, 2.24) is 29.6 Å². The minimum Gasteiger partial charge on any atom is -0.444 e. The van der Waals surface area contributed by atoms with E-state index in [1.807, 2.05) is 11.8 Å². The standard InChI is InChI=1S/C21H30ClN7O5S/c1-3-29-13-17(10-24-29)35(32,33)26-15-6-4-14(5-7-15)25-21(31)34-16-8-9-28(12-16)18-11-23-27(2)20(30)19(18)22/h10-11,13-16,26H,3-9,12H2,1-2H3,(H,25,31)/t14-,15-,16-/m1/s1. The Bertz CT molecular complexity index is 1220. The van der Waals surface area contributed by atoms with Crippen LogP contribution < -0.4 is 20.5 Å². The third-order valence-corrected chi connectivity index (χ3v) is 8.26. The zero-order chi connectivity index (χ0) is 25.2. The molecule has 1 atom stereocenters. The molecule has 4 rings (SSSR count). The molecule has 0 spiro atoms. The van der Waals surface area contributed by atoms with Gasteiger partial charge >= 0.3 is 6.09 Å². The van der Waals surface area contributed by atoms with Gasteiger partial charge in [0.05, 0.1) is 24.6 Å². The maximum atomic E-state index is 12.6. The van der Waals surface area contributed by atoms with Crippen LogP contribution in [0.4, 0.5) is 10.5 Å². The van der Waals surface area contributed by atoms with E-state index in [9.17, 15) is 18.0 Å². The Morgan fingerprint density at radius 3 is 2.57 bits per heavy atom. The maximum Gasteiger partial charge on any atom is 0.407 e. The molecule has 2 aromatic heterocycles. The zero-order valence-corrected chi connectivity index (χ0v) is 21.3. The molecule has 14 heteroatoms. The first-order valence-corrected chi connectivity index (χ1v) is 13.5. The second-order valence-corrected chi connectivity index (χ2v) is 11.0. The van der Waals surface area contributed by atoms with Gasteiger partial charge in [0.2, 0.25) is 10.0 Å². The first-order valence-electron chi connectivity index (χ1n) is 11.6. The molecule has 0 aromatic carbocycles. The Hall–Kier alpha value is -2.64. The summed E-state index contributed by atoms with van der Waals surface area (Å²) in [5.41, 5.74) is 0.157. The number of rotatable bonds is 7. The van der Waals surface area contributed by atoms with Crippen LogP contribution >= 0.6 is 11.6 Å². The molecule has 12 nitrogen and oxygen atoms in total. The van der Waals surface area contributed by atoms with E-state index >= 15 is 0 Å². The van der Waals surface area contributed by atoms with Crippen molar-refractivity contribution in [3.05, 3.63) is 34.0 Å². The lowest BCUT2D eigenvalue weighted by Crippen LogP contribution is -2.44. The number of carbonyl (C=O) groups is 1. The highest BCUT2D eigenvalue weighted by Crippen LogP contribution is 2.26. The molecule has 35 heavy (non-hydrogen) atoms. The van der Waals surface area contributed by atoms with E-state index in [2.05, 4.69) is 20.2 Å². The predicted molar refractivity (Wildman–Crippen MR) is 129 cm³/mol. The molecule has 2 N–H and O–H groups in total. The van der Waals surface area contributed by atoms with Crippen molar-refractivity contribution in [3.8, 4) is 0 Å². The van der Waals surface area contributed by atoms with Gasteiger partial charge in [0.25, 0.3) is 5.56 Å². The number of nitrogens with zero attached hydrogens (tertiary/aromatic N) is 5. The number of anilines is 1. The predicted octanol–water partition coefficient (Wildman–Crippen LogP) is 1.24. The third-order valence-electron chi connectivity index (χ3n) is 6.43. The molecular formula is C21H30ClN7O5S. The minimum absolute atomic E-state index is 0.0839. The Morgan fingerprint density at radius 1 is 1.17 bits per heavy atom. The van der Waals surface area contributed by atoms with Crippen LogP contribution in [0.2, 0.25) is 5.02 Å². The van der Waals surface area contributed by atoms with Crippen molar-refractivity contribution >= 4 is 33.4 Å².